The number of unbranched alkanes of at least 4 members (excludes halogenated alkanes) is 3. The predicted octanol–water partition coefficient (Wildman–Crippen LogP) is 8.71. The summed E-state index contributed by atoms with van der Waals surface area (Å²) in [5.41, 5.74) is 6.29. The number of anilines is 2. The molecular weight excluding hydrogens is 456 g/mol. The van der Waals surface area contributed by atoms with Crippen molar-refractivity contribution in [2.45, 2.75) is 85.5 Å². The molecule has 37 heavy (non-hydrogen) atoms. The van der Waals surface area contributed by atoms with Gasteiger partial charge in [-0.3, -0.25) is 0 Å². The Morgan fingerprint density at radius 2 is 1.49 bits per heavy atom. The van der Waals surface area contributed by atoms with E-state index >= 15 is 0 Å². The summed E-state index contributed by atoms with van der Waals surface area (Å²) in [6, 6.07) is 20.4. The van der Waals surface area contributed by atoms with Crippen LogP contribution in [-0.4, -0.2) is 20.1 Å². The zero-order valence-corrected chi connectivity index (χ0v) is 23.3. The zero-order chi connectivity index (χ0) is 26.6. The van der Waals surface area contributed by atoms with E-state index in [1.807, 2.05) is 30.3 Å². The fourth-order valence-electron chi connectivity index (χ4n) is 5.32. The summed E-state index contributed by atoms with van der Waals surface area (Å²) >= 11 is 0. The molecule has 0 unspecified atom stereocenters. The molecule has 0 spiro atoms. The number of aromatic nitrogens is 3. The van der Waals surface area contributed by atoms with E-state index in [0.29, 0.717) is 11.4 Å². The summed E-state index contributed by atoms with van der Waals surface area (Å²) in [4.78, 5) is 1.56. The van der Waals surface area contributed by atoms with Crippen molar-refractivity contribution < 1.29 is 5.11 Å². The van der Waals surface area contributed by atoms with Gasteiger partial charge >= 0.3 is 0 Å². The van der Waals surface area contributed by atoms with Gasteiger partial charge in [-0.05, 0) is 77.6 Å². The molecule has 0 aliphatic rings. The summed E-state index contributed by atoms with van der Waals surface area (Å²) in [5, 5.41) is 24.2. The summed E-state index contributed by atoms with van der Waals surface area (Å²) < 4.78 is 0. The van der Waals surface area contributed by atoms with Crippen molar-refractivity contribution in [3.63, 3.8) is 0 Å². The lowest BCUT2D eigenvalue weighted by molar-refractivity contribution is 0.284. The Morgan fingerprint density at radius 1 is 0.838 bits per heavy atom. The molecule has 0 radical (unpaired) electrons. The van der Waals surface area contributed by atoms with Crippen molar-refractivity contribution >= 4 is 22.4 Å². The number of hydrogen-bond acceptors (Lipinski definition) is 4. The van der Waals surface area contributed by atoms with Crippen LogP contribution in [0.1, 0.15) is 84.8 Å². The van der Waals surface area contributed by atoms with Crippen LogP contribution in [0.4, 0.5) is 11.4 Å². The second-order valence-corrected chi connectivity index (χ2v) is 12.1. The number of fused-ring (bicyclic) bond motifs is 1. The molecule has 0 fully saturated rings. The predicted molar refractivity (Wildman–Crippen MR) is 155 cm³/mol. The highest BCUT2D eigenvalue weighted by Crippen LogP contribution is 2.42. The van der Waals surface area contributed by atoms with Gasteiger partial charge < -0.3 is 10.4 Å². The Bertz CT molecular complexity index is 1300. The molecule has 0 amide bonds. The first-order valence-corrected chi connectivity index (χ1v) is 13.6. The fraction of sp³-hybridized carbons (Fsp3) is 0.438. The van der Waals surface area contributed by atoms with Crippen LogP contribution in [-0.2, 0) is 11.8 Å². The minimum absolute atomic E-state index is 0.119. The van der Waals surface area contributed by atoms with Gasteiger partial charge in [0.05, 0.1) is 5.69 Å². The zero-order valence-electron chi connectivity index (χ0n) is 23.3. The van der Waals surface area contributed by atoms with Gasteiger partial charge in [0.1, 0.15) is 16.7 Å². The van der Waals surface area contributed by atoms with E-state index in [4.69, 9.17) is 0 Å². The molecule has 4 aromatic rings. The first kappa shape index (κ1) is 26.7. The standard InChI is InChI=1S/C32H42N4O/c1-7-8-9-10-13-23-16-18-25(19-17-23)33-28-20-24(32(5,6)22-31(2,3)4)21-29(30(28)37)36-34-26-14-11-12-15-27(26)35-36/h11-12,14-21,33,37H,7-10,13,22H2,1-6H3. The molecule has 196 valence electrons. The second-order valence-electron chi connectivity index (χ2n) is 12.1. The lowest BCUT2D eigenvalue weighted by Crippen LogP contribution is -2.25. The van der Waals surface area contributed by atoms with Crippen molar-refractivity contribution in [2.24, 2.45) is 5.41 Å². The summed E-state index contributed by atoms with van der Waals surface area (Å²) in [7, 11) is 0. The summed E-state index contributed by atoms with van der Waals surface area (Å²) in [6.45, 7) is 13.6. The van der Waals surface area contributed by atoms with Gasteiger partial charge in [-0.2, -0.15) is 0 Å². The number of nitrogens with one attached hydrogen (secondary N) is 1. The number of aryl methyl sites for hydroxylation is 1. The van der Waals surface area contributed by atoms with Crippen molar-refractivity contribution in [2.75, 3.05) is 5.32 Å². The average molecular weight is 499 g/mol. The monoisotopic (exact) mass is 498 g/mol. The molecule has 1 heterocycles. The molecule has 0 aliphatic carbocycles. The molecule has 1 aromatic heterocycles. The maximum absolute atomic E-state index is 11.4. The van der Waals surface area contributed by atoms with Gasteiger partial charge in [-0.15, -0.1) is 15.0 Å². The topological polar surface area (TPSA) is 63.0 Å². The third kappa shape index (κ3) is 6.71. The van der Waals surface area contributed by atoms with Crippen LogP contribution in [0.25, 0.3) is 16.7 Å². The smallest absolute Gasteiger partial charge is 0.166 e. The molecule has 0 aliphatic heterocycles. The van der Waals surface area contributed by atoms with Gasteiger partial charge in [0.25, 0.3) is 0 Å². The van der Waals surface area contributed by atoms with Crippen molar-refractivity contribution in [3.05, 3.63) is 71.8 Å². The second kappa shape index (κ2) is 11.0. The highest BCUT2D eigenvalue weighted by Gasteiger charge is 2.29. The van der Waals surface area contributed by atoms with Crippen LogP contribution < -0.4 is 5.32 Å². The maximum Gasteiger partial charge on any atom is 0.166 e. The number of phenols is 1. The first-order valence-electron chi connectivity index (χ1n) is 13.6. The van der Waals surface area contributed by atoms with Crippen LogP contribution in [0.3, 0.4) is 0 Å². The minimum Gasteiger partial charge on any atom is -0.504 e. The van der Waals surface area contributed by atoms with E-state index in [9.17, 15) is 5.11 Å². The third-order valence-corrected chi connectivity index (χ3v) is 6.90. The van der Waals surface area contributed by atoms with Crippen LogP contribution in [0.5, 0.6) is 5.75 Å². The molecular formula is C32H42N4O. The van der Waals surface area contributed by atoms with Crippen LogP contribution >= 0.6 is 0 Å². The summed E-state index contributed by atoms with van der Waals surface area (Å²) in [5.74, 6) is 0.138. The lowest BCUT2D eigenvalue weighted by atomic mass is 9.72. The van der Waals surface area contributed by atoms with E-state index in [1.54, 1.807) is 4.80 Å². The highest BCUT2D eigenvalue weighted by atomic mass is 16.3. The Labute approximate surface area is 221 Å². The van der Waals surface area contributed by atoms with Crippen LogP contribution in [0.15, 0.2) is 60.7 Å². The Hall–Kier alpha value is -3.34. The van der Waals surface area contributed by atoms with Gasteiger partial charge in [-0.25, -0.2) is 0 Å². The Balaban J connectivity index is 1.70. The molecule has 0 saturated heterocycles. The number of phenolic OH excluding ortho intramolecular Hbond substituents is 1. The number of aromatic hydroxyl groups is 1. The van der Waals surface area contributed by atoms with Crippen LogP contribution in [0.2, 0.25) is 0 Å². The van der Waals surface area contributed by atoms with Crippen molar-refractivity contribution in [3.8, 4) is 11.4 Å². The molecule has 5 nitrogen and oxygen atoms in total. The molecule has 0 atom stereocenters. The molecule has 0 saturated carbocycles. The molecule has 0 bridgehead atoms. The van der Waals surface area contributed by atoms with E-state index in [-0.39, 0.29) is 16.6 Å². The average Bonchev–Trinajstić information content (AvgIpc) is 3.26. The molecule has 4 rings (SSSR count). The SMILES string of the molecule is CCCCCCc1ccc(Nc2cc(C(C)(C)CC(C)(C)C)cc(-n3nc4ccccc4n3)c2O)cc1. The molecule has 3 aromatic carbocycles. The number of rotatable bonds is 10. The Morgan fingerprint density at radius 3 is 2.08 bits per heavy atom. The van der Waals surface area contributed by atoms with Crippen molar-refractivity contribution in [1.82, 2.24) is 15.0 Å². The summed E-state index contributed by atoms with van der Waals surface area (Å²) in [6.07, 6.45) is 7.14. The third-order valence-electron chi connectivity index (χ3n) is 6.90. The van der Waals surface area contributed by atoms with Gasteiger partial charge in [0.2, 0.25) is 0 Å². The van der Waals surface area contributed by atoms with Gasteiger partial charge in [0, 0.05) is 5.69 Å². The number of nitrogens with zero attached hydrogens (tertiary/aromatic N) is 3. The highest BCUT2D eigenvalue weighted by molar-refractivity contribution is 5.76. The van der Waals surface area contributed by atoms with E-state index in [1.165, 1.54) is 31.2 Å². The number of hydrogen-bond donors (Lipinski definition) is 2. The molecule has 5 heteroatoms. The lowest BCUT2D eigenvalue weighted by Gasteiger charge is -2.33. The molecule has 2 N–H and O–H groups in total. The van der Waals surface area contributed by atoms with E-state index < -0.39 is 0 Å². The van der Waals surface area contributed by atoms with E-state index in [0.717, 1.165) is 35.1 Å². The Kier molecular flexibility index (Phi) is 7.91. The maximum atomic E-state index is 11.4. The number of benzene rings is 3. The minimum atomic E-state index is -0.119. The van der Waals surface area contributed by atoms with Crippen molar-refractivity contribution in [1.29, 1.82) is 0 Å². The fourth-order valence-corrected chi connectivity index (χ4v) is 5.32. The van der Waals surface area contributed by atoms with Gasteiger partial charge in [-0.1, -0.05) is 85.1 Å². The first-order chi connectivity index (χ1) is 17.6. The van der Waals surface area contributed by atoms with Crippen LogP contribution in [0, 0.1) is 5.41 Å². The quantitative estimate of drug-likeness (QED) is 0.169. The van der Waals surface area contributed by atoms with E-state index in [2.05, 4.69) is 87.4 Å². The normalized spacial score (nSPS) is 12.3. The van der Waals surface area contributed by atoms with Gasteiger partial charge in [0.15, 0.2) is 5.75 Å². The largest absolute Gasteiger partial charge is 0.504 e.